The second-order valence-electron chi connectivity index (χ2n) is 4.18. The average Bonchev–Trinajstić information content (AvgIpc) is 2.79. The van der Waals surface area contributed by atoms with Gasteiger partial charge in [-0.15, -0.1) is 0 Å². The monoisotopic (exact) mass is 273 g/mol. The molecule has 0 saturated heterocycles. The van der Waals surface area contributed by atoms with Gasteiger partial charge in [-0.1, -0.05) is 0 Å². The number of sulfonamides is 1. The van der Waals surface area contributed by atoms with E-state index in [4.69, 9.17) is 0 Å². The predicted octanol–water partition coefficient (Wildman–Crippen LogP) is 0.0567. The van der Waals surface area contributed by atoms with Crippen LogP contribution in [0, 0.1) is 0 Å². The topological polar surface area (TPSA) is 71.4 Å². The highest BCUT2D eigenvalue weighted by atomic mass is 32.2. The number of likely N-dealkylation sites (N-methyl/N-ethyl adjacent to an activating group) is 1. The molecule has 0 aromatic carbocycles. The highest BCUT2D eigenvalue weighted by molar-refractivity contribution is 7.88. The van der Waals surface area contributed by atoms with Crippen LogP contribution in [0.15, 0.2) is 24.5 Å². The fraction of sp³-hybridized carbons (Fsp3) is 0.545. The van der Waals surface area contributed by atoms with E-state index >= 15 is 0 Å². The van der Waals surface area contributed by atoms with Crippen LogP contribution in [0.25, 0.3) is 0 Å². The smallest absolute Gasteiger partial charge is 0.242 e. The lowest BCUT2D eigenvalue weighted by atomic mass is 10.3. The molecule has 0 aliphatic carbocycles. The van der Waals surface area contributed by atoms with Crippen LogP contribution in [-0.4, -0.2) is 49.6 Å². The molecule has 1 unspecified atom stereocenters. The van der Waals surface area contributed by atoms with Crippen LogP contribution in [-0.2, 0) is 14.8 Å². The Morgan fingerprint density at radius 2 is 1.94 bits per heavy atom. The fourth-order valence-corrected chi connectivity index (χ4v) is 1.81. The minimum absolute atomic E-state index is 0.131. The molecule has 1 atom stereocenters. The van der Waals surface area contributed by atoms with Gasteiger partial charge in [0.15, 0.2) is 0 Å². The average molecular weight is 273 g/mol. The summed E-state index contributed by atoms with van der Waals surface area (Å²) in [5.74, 6) is -0.131. The largest absolute Gasteiger partial charge is 0.353 e. The minimum atomic E-state index is -3.19. The maximum atomic E-state index is 11.8. The van der Waals surface area contributed by atoms with E-state index in [2.05, 4.69) is 5.32 Å². The third-order valence-corrected chi connectivity index (χ3v) is 4.06. The van der Waals surface area contributed by atoms with Gasteiger partial charge in [-0.2, -0.15) is 0 Å². The molecule has 0 saturated carbocycles. The third kappa shape index (κ3) is 4.15. The first-order valence-corrected chi connectivity index (χ1v) is 7.48. The van der Waals surface area contributed by atoms with Crippen molar-refractivity contribution in [1.82, 2.24) is 14.2 Å². The molecule has 1 N–H and O–H groups in total. The van der Waals surface area contributed by atoms with Crippen molar-refractivity contribution in [3.63, 3.8) is 0 Å². The molecule has 1 aromatic rings. The number of nitrogens with zero attached hydrogens (tertiary/aromatic N) is 2. The molecular formula is C11H19N3O3S. The van der Waals surface area contributed by atoms with Crippen LogP contribution in [0.2, 0.25) is 0 Å². The summed E-state index contributed by atoms with van der Waals surface area (Å²) in [5.41, 5.74) is 0. The molecule has 0 aliphatic heterocycles. The number of carbonyl (C=O) groups excluding carboxylic acids is 1. The maximum absolute atomic E-state index is 11.8. The van der Waals surface area contributed by atoms with Gasteiger partial charge in [0.05, 0.1) is 6.26 Å². The standard InChI is InChI=1S/C11H19N3O3S/c1-10(14-7-4-5-8-14)11(15)12-6-9-13(2)18(3,16)17/h4-5,7-8,10H,6,9H2,1-3H3,(H,12,15). The summed E-state index contributed by atoms with van der Waals surface area (Å²) in [6, 6.07) is 3.39. The zero-order valence-electron chi connectivity index (χ0n) is 10.8. The molecule has 102 valence electrons. The van der Waals surface area contributed by atoms with Crippen molar-refractivity contribution >= 4 is 15.9 Å². The second kappa shape index (κ2) is 6.01. The molecule has 18 heavy (non-hydrogen) atoms. The summed E-state index contributed by atoms with van der Waals surface area (Å²) in [6.07, 6.45) is 4.76. The predicted molar refractivity (Wildman–Crippen MR) is 69.6 cm³/mol. The molecule has 6 nitrogen and oxygen atoms in total. The van der Waals surface area contributed by atoms with Gasteiger partial charge in [0, 0.05) is 32.5 Å². The molecule has 1 rings (SSSR count). The van der Waals surface area contributed by atoms with Crippen molar-refractivity contribution in [2.24, 2.45) is 0 Å². The Morgan fingerprint density at radius 1 is 1.39 bits per heavy atom. The summed E-state index contributed by atoms with van der Waals surface area (Å²) >= 11 is 0. The molecular weight excluding hydrogens is 254 g/mol. The number of amides is 1. The number of hydrogen-bond donors (Lipinski definition) is 1. The molecule has 1 aromatic heterocycles. The van der Waals surface area contributed by atoms with Gasteiger partial charge in [0.1, 0.15) is 6.04 Å². The highest BCUT2D eigenvalue weighted by Gasteiger charge is 2.14. The van der Waals surface area contributed by atoms with Crippen molar-refractivity contribution in [3.8, 4) is 0 Å². The summed E-state index contributed by atoms with van der Waals surface area (Å²) in [5, 5.41) is 2.71. The van der Waals surface area contributed by atoms with Gasteiger partial charge in [0.2, 0.25) is 15.9 Å². The Bertz CT molecular complexity index is 482. The number of hydrogen-bond acceptors (Lipinski definition) is 3. The van der Waals surface area contributed by atoms with Crippen LogP contribution in [0.5, 0.6) is 0 Å². The van der Waals surface area contributed by atoms with E-state index < -0.39 is 10.0 Å². The highest BCUT2D eigenvalue weighted by Crippen LogP contribution is 2.05. The molecule has 0 radical (unpaired) electrons. The van der Waals surface area contributed by atoms with E-state index in [0.717, 1.165) is 6.26 Å². The quantitative estimate of drug-likeness (QED) is 0.796. The van der Waals surface area contributed by atoms with Crippen molar-refractivity contribution in [3.05, 3.63) is 24.5 Å². The first-order valence-electron chi connectivity index (χ1n) is 5.64. The van der Waals surface area contributed by atoms with Crippen molar-refractivity contribution < 1.29 is 13.2 Å². The van der Waals surface area contributed by atoms with E-state index in [1.165, 1.54) is 11.4 Å². The Balaban J connectivity index is 2.38. The lowest BCUT2D eigenvalue weighted by molar-refractivity contribution is -0.123. The van der Waals surface area contributed by atoms with Crippen LogP contribution in [0.3, 0.4) is 0 Å². The second-order valence-corrected chi connectivity index (χ2v) is 6.27. The summed E-state index contributed by atoms with van der Waals surface area (Å²) in [4.78, 5) is 11.8. The van der Waals surface area contributed by atoms with Crippen LogP contribution >= 0.6 is 0 Å². The fourth-order valence-electron chi connectivity index (χ4n) is 1.39. The molecule has 0 bridgehead atoms. The van der Waals surface area contributed by atoms with Gasteiger partial charge >= 0.3 is 0 Å². The van der Waals surface area contributed by atoms with E-state index in [-0.39, 0.29) is 18.5 Å². The molecule has 7 heteroatoms. The van der Waals surface area contributed by atoms with Gasteiger partial charge in [-0.25, -0.2) is 12.7 Å². The summed E-state index contributed by atoms with van der Waals surface area (Å²) < 4.78 is 25.3. The molecule has 0 aliphatic rings. The lowest BCUT2D eigenvalue weighted by Crippen LogP contribution is -2.38. The van der Waals surface area contributed by atoms with Gasteiger partial charge < -0.3 is 9.88 Å². The normalized spacial score (nSPS) is 13.6. The number of nitrogens with one attached hydrogen (secondary N) is 1. The first kappa shape index (κ1) is 14.7. The third-order valence-electron chi connectivity index (χ3n) is 2.75. The van der Waals surface area contributed by atoms with Crippen molar-refractivity contribution in [1.29, 1.82) is 0 Å². The number of carbonyl (C=O) groups is 1. The summed E-state index contributed by atoms with van der Waals surface area (Å²) in [7, 11) is -1.70. The van der Waals surface area contributed by atoms with Gasteiger partial charge in [-0.3, -0.25) is 4.79 Å². The summed E-state index contributed by atoms with van der Waals surface area (Å²) in [6.45, 7) is 2.35. The van der Waals surface area contributed by atoms with Gasteiger partial charge in [-0.05, 0) is 19.1 Å². The molecule has 1 amide bonds. The maximum Gasteiger partial charge on any atom is 0.242 e. The van der Waals surface area contributed by atoms with Crippen LogP contribution < -0.4 is 5.32 Å². The van der Waals surface area contributed by atoms with Crippen molar-refractivity contribution in [2.75, 3.05) is 26.4 Å². The zero-order valence-corrected chi connectivity index (χ0v) is 11.6. The van der Waals surface area contributed by atoms with Gasteiger partial charge in [0.25, 0.3) is 0 Å². The molecule has 1 heterocycles. The SMILES string of the molecule is CC(C(=O)NCCN(C)S(C)(=O)=O)n1cccc1. The Morgan fingerprint density at radius 3 is 2.44 bits per heavy atom. The minimum Gasteiger partial charge on any atom is -0.353 e. The molecule has 0 spiro atoms. The van der Waals surface area contributed by atoms with E-state index in [1.807, 2.05) is 24.5 Å². The van der Waals surface area contributed by atoms with E-state index in [1.54, 1.807) is 11.5 Å². The Labute approximate surface area is 108 Å². The Kier molecular flexibility index (Phi) is 4.92. The number of rotatable bonds is 6. The number of aromatic nitrogens is 1. The lowest BCUT2D eigenvalue weighted by Gasteiger charge is -2.17. The van der Waals surface area contributed by atoms with E-state index in [0.29, 0.717) is 6.54 Å². The Hall–Kier alpha value is -1.34. The van der Waals surface area contributed by atoms with Crippen molar-refractivity contribution in [2.45, 2.75) is 13.0 Å². The zero-order chi connectivity index (χ0) is 13.8. The van der Waals surface area contributed by atoms with E-state index in [9.17, 15) is 13.2 Å². The van der Waals surface area contributed by atoms with Crippen LogP contribution in [0.1, 0.15) is 13.0 Å². The van der Waals surface area contributed by atoms with Crippen LogP contribution in [0.4, 0.5) is 0 Å². The molecule has 0 fully saturated rings. The first-order chi connectivity index (χ1) is 8.32.